The van der Waals surface area contributed by atoms with Crippen molar-refractivity contribution in [3.63, 3.8) is 0 Å². The number of unbranched alkanes of at least 4 members (excludes halogenated alkanes) is 1. The monoisotopic (exact) mass is 479 g/mol. The number of anilines is 1. The summed E-state index contributed by atoms with van der Waals surface area (Å²) in [5.41, 5.74) is 6.88. The number of rotatable bonds is 6. The van der Waals surface area contributed by atoms with Crippen LogP contribution in [0.15, 0.2) is 29.3 Å². The minimum Gasteiger partial charge on any atom is -0.370 e. The molecular weight excluding hydrogens is 453 g/mol. The van der Waals surface area contributed by atoms with Crippen molar-refractivity contribution in [1.29, 1.82) is 0 Å². The third kappa shape index (κ3) is 7.27. The lowest BCUT2D eigenvalue weighted by Crippen LogP contribution is -2.49. The van der Waals surface area contributed by atoms with Crippen molar-refractivity contribution in [2.24, 2.45) is 10.7 Å². The lowest BCUT2D eigenvalue weighted by Gasteiger charge is -2.36. The zero-order valence-electron chi connectivity index (χ0n) is 14.6. The first-order valence-corrected chi connectivity index (χ1v) is 8.80. The Hall–Kier alpha value is -1.22. The van der Waals surface area contributed by atoms with Gasteiger partial charge in [0, 0.05) is 43.4 Å². The van der Waals surface area contributed by atoms with E-state index < -0.39 is 0 Å². The molecular formula is C17H27ClIN5O. The Morgan fingerprint density at radius 2 is 1.88 bits per heavy atom. The van der Waals surface area contributed by atoms with Gasteiger partial charge in [-0.25, -0.2) is 4.99 Å². The van der Waals surface area contributed by atoms with Crippen molar-refractivity contribution in [1.82, 2.24) is 10.2 Å². The summed E-state index contributed by atoms with van der Waals surface area (Å²) in [6.45, 7) is 6.01. The van der Waals surface area contributed by atoms with E-state index in [4.69, 9.17) is 17.3 Å². The van der Waals surface area contributed by atoms with E-state index >= 15 is 0 Å². The second kappa shape index (κ2) is 11.4. The largest absolute Gasteiger partial charge is 0.370 e. The highest BCUT2D eigenvalue weighted by atomic mass is 127. The predicted molar refractivity (Wildman–Crippen MR) is 115 cm³/mol. The fourth-order valence-electron chi connectivity index (χ4n) is 2.57. The van der Waals surface area contributed by atoms with E-state index in [-0.39, 0.29) is 36.4 Å². The minimum atomic E-state index is 0. The van der Waals surface area contributed by atoms with Crippen molar-refractivity contribution in [2.45, 2.75) is 19.8 Å². The van der Waals surface area contributed by atoms with E-state index in [0.717, 1.165) is 43.2 Å². The van der Waals surface area contributed by atoms with Crippen LogP contribution in [0.3, 0.4) is 0 Å². The number of piperazine rings is 1. The van der Waals surface area contributed by atoms with Gasteiger partial charge in [-0.1, -0.05) is 24.9 Å². The Labute approximate surface area is 171 Å². The zero-order chi connectivity index (χ0) is 17.4. The molecule has 1 heterocycles. The fraction of sp³-hybridized carbons (Fsp3) is 0.529. The van der Waals surface area contributed by atoms with E-state index in [1.165, 1.54) is 0 Å². The first kappa shape index (κ1) is 21.8. The van der Waals surface area contributed by atoms with Gasteiger partial charge >= 0.3 is 0 Å². The first-order valence-electron chi connectivity index (χ1n) is 8.42. The van der Waals surface area contributed by atoms with Crippen molar-refractivity contribution in [3.05, 3.63) is 29.3 Å². The zero-order valence-corrected chi connectivity index (χ0v) is 17.7. The summed E-state index contributed by atoms with van der Waals surface area (Å²) in [7, 11) is 0. The van der Waals surface area contributed by atoms with Crippen LogP contribution in [0.25, 0.3) is 0 Å². The van der Waals surface area contributed by atoms with Gasteiger partial charge in [-0.2, -0.15) is 0 Å². The fourth-order valence-corrected chi connectivity index (χ4v) is 2.69. The number of nitrogens with two attached hydrogens (primary N) is 1. The summed E-state index contributed by atoms with van der Waals surface area (Å²) in [6.07, 6.45) is 2.13. The average Bonchev–Trinajstić information content (AvgIpc) is 2.61. The molecule has 25 heavy (non-hydrogen) atoms. The summed E-state index contributed by atoms with van der Waals surface area (Å²) < 4.78 is 0. The van der Waals surface area contributed by atoms with Crippen molar-refractivity contribution >= 4 is 53.1 Å². The summed E-state index contributed by atoms with van der Waals surface area (Å²) in [5, 5.41) is 3.74. The highest BCUT2D eigenvalue weighted by Gasteiger charge is 2.20. The first-order chi connectivity index (χ1) is 11.6. The molecule has 8 heteroatoms. The Morgan fingerprint density at radius 3 is 2.48 bits per heavy atom. The molecule has 0 aliphatic carbocycles. The van der Waals surface area contributed by atoms with E-state index in [9.17, 15) is 4.79 Å². The van der Waals surface area contributed by atoms with Gasteiger partial charge in [0.25, 0.3) is 0 Å². The Balaban J connectivity index is 0.00000312. The smallest absolute Gasteiger partial charge is 0.244 e. The molecule has 0 spiro atoms. The number of nitrogens with one attached hydrogen (secondary N) is 1. The number of nitrogens with zero attached hydrogens (tertiary/aromatic N) is 3. The van der Waals surface area contributed by atoms with Gasteiger partial charge < -0.3 is 20.9 Å². The predicted octanol–water partition coefficient (Wildman–Crippen LogP) is 2.31. The molecule has 1 aromatic rings. The van der Waals surface area contributed by atoms with Crippen LogP contribution in [0.1, 0.15) is 19.8 Å². The van der Waals surface area contributed by atoms with Crippen molar-refractivity contribution in [2.75, 3.05) is 44.2 Å². The van der Waals surface area contributed by atoms with Crippen LogP contribution in [0.2, 0.25) is 5.02 Å². The van der Waals surface area contributed by atoms with E-state index in [1.54, 1.807) is 0 Å². The SMILES string of the molecule is CCCCNC(N)=NCC(=O)N1CCN(c2ccc(Cl)cc2)CC1.I. The Morgan fingerprint density at radius 1 is 1.24 bits per heavy atom. The summed E-state index contributed by atoms with van der Waals surface area (Å²) in [6, 6.07) is 7.79. The molecule has 0 aromatic heterocycles. The minimum absolute atomic E-state index is 0. The van der Waals surface area contributed by atoms with Gasteiger partial charge in [0.15, 0.2) is 5.96 Å². The molecule has 1 aromatic carbocycles. The molecule has 1 fully saturated rings. The number of hydrogen-bond acceptors (Lipinski definition) is 3. The van der Waals surface area contributed by atoms with E-state index in [2.05, 4.69) is 22.1 Å². The maximum atomic E-state index is 12.2. The molecule has 0 unspecified atom stereocenters. The number of guanidine groups is 1. The average molecular weight is 480 g/mol. The summed E-state index contributed by atoms with van der Waals surface area (Å²) in [4.78, 5) is 20.4. The van der Waals surface area contributed by atoms with E-state index in [1.807, 2.05) is 29.2 Å². The van der Waals surface area contributed by atoms with Gasteiger partial charge in [0.1, 0.15) is 6.54 Å². The molecule has 1 saturated heterocycles. The number of carbonyl (C=O) groups is 1. The Kier molecular flexibility index (Phi) is 9.96. The third-order valence-electron chi connectivity index (χ3n) is 4.05. The van der Waals surface area contributed by atoms with Crippen LogP contribution in [-0.4, -0.2) is 56.0 Å². The van der Waals surface area contributed by atoms with Gasteiger partial charge in [-0.3, -0.25) is 4.79 Å². The van der Waals surface area contributed by atoms with Crippen LogP contribution >= 0.6 is 35.6 Å². The standard InChI is InChI=1S/C17H26ClN5O.HI/c1-2-3-8-20-17(19)21-13-16(24)23-11-9-22(10-12-23)15-6-4-14(18)5-7-15;/h4-7H,2-3,8-13H2,1H3,(H3,19,20,21);1H. The molecule has 3 N–H and O–H groups in total. The van der Waals surface area contributed by atoms with Gasteiger partial charge in [0.05, 0.1) is 0 Å². The van der Waals surface area contributed by atoms with Crippen LogP contribution in [0, 0.1) is 0 Å². The second-order valence-corrected chi connectivity index (χ2v) is 6.26. The normalized spacial score (nSPS) is 14.9. The lowest BCUT2D eigenvalue weighted by molar-refractivity contribution is -0.129. The van der Waals surface area contributed by atoms with Gasteiger partial charge in [-0.05, 0) is 30.7 Å². The number of amides is 1. The number of benzene rings is 1. The molecule has 0 saturated carbocycles. The molecule has 1 aliphatic heterocycles. The van der Waals surface area contributed by atoms with E-state index in [0.29, 0.717) is 19.0 Å². The molecule has 140 valence electrons. The highest BCUT2D eigenvalue weighted by Crippen LogP contribution is 2.19. The highest BCUT2D eigenvalue weighted by molar-refractivity contribution is 14.0. The topological polar surface area (TPSA) is 74.0 Å². The number of carbonyl (C=O) groups excluding carboxylic acids is 1. The number of halogens is 2. The summed E-state index contributed by atoms with van der Waals surface area (Å²) >= 11 is 5.92. The molecule has 1 amide bonds. The molecule has 0 atom stereocenters. The van der Waals surface area contributed by atoms with Crippen molar-refractivity contribution in [3.8, 4) is 0 Å². The molecule has 6 nitrogen and oxygen atoms in total. The number of aliphatic imine (C=N–C) groups is 1. The van der Waals surface area contributed by atoms with Crippen LogP contribution in [0.5, 0.6) is 0 Å². The summed E-state index contributed by atoms with van der Waals surface area (Å²) in [5.74, 6) is 0.364. The van der Waals surface area contributed by atoms with Crippen LogP contribution in [-0.2, 0) is 4.79 Å². The maximum Gasteiger partial charge on any atom is 0.244 e. The van der Waals surface area contributed by atoms with Crippen LogP contribution < -0.4 is 16.0 Å². The Bertz CT molecular complexity index is 559. The molecule has 0 radical (unpaired) electrons. The quantitative estimate of drug-likeness (QED) is 0.284. The lowest BCUT2D eigenvalue weighted by atomic mass is 10.2. The van der Waals surface area contributed by atoms with Crippen molar-refractivity contribution < 1.29 is 4.79 Å². The molecule has 2 rings (SSSR count). The van der Waals surface area contributed by atoms with Crippen LogP contribution in [0.4, 0.5) is 5.69 Å². The van der Waals surface area contributed by atoms with Gasteiger partial charge in [-0.15, -0.1) is 24.0 Å². The number of hydrogen-bond donors (Lipinski definition) is 2. The third-order valence-corrected chi connectivity index (χ3v) is 4.30. The maximum absolute atomic E-state index is 12.2. The second-order valence-electron chi connectivity index (χ2n) is 5.83. The van der Waals surface area contributed by atoms with Gasteiger partial charge in [0.2, 0.25) is 5.91 Å². The molecule has 1 aliphatic rings. The molecule has 0 bridgehead atoms.